The molecule has 0 aromatic carbocycles. The number of hydroxylamine groups is 2. The van der Waals surface area contributed by atoms with Gasteiger partial charge in [-0.15, -0.1) is 0 Å². The van der Waals surface area contributed by atoms with Crippen molar-refractivity contribution in [1.29, 1.82) is 0 Å². The number of esters is 1. The Morgan fingerprint density at radius 3 is 2.58 bits per heavy atom. The molecule has 31 heavy (non-hydrogen) atoms. The molecule has 2 amide bonds. The number of ether oxygens (including phenoxy) is 1. The number of hydrogen-bond acceptors (Lipinski definition) is 7. The Balaban J connectivity index is 1.43. The molecule has 0 saturated carbocycles. The molecule has 0 aliphatic carbocycles. The van der Waals surface area contributed by atoms with Crippen LogP contribution in [0, 0.1) is 11.8 Å². The van der Waals surface area contributed by atoms with Crippen LogP contribution in [-0.2, 0) is 24.0 Å². The number of carbonyl (C=O) groups excluding carboxylic acids is 3. The van der Waals surface area contributed by atoms with Crippen LogP contribution < -0.4 is 4.90 Å². The van der Waals surface area contributed by atoms with E-state index in [4.69, 9.17) is 9.57 Å². The first kappa shape index (κ1) is 21.5. The van der Waals surface area contributed by atoms with E-state index in [1.54, 1.807) is 6.20 Å². The third-order valence-corrected chi connectivity index (χ3v) is 7.01. The monoisotopic (exact) mass is 430 g/mol. The maximum atomic E-state index is 13.3. The Bertz CT molecular complexity index is 822. The van der Waals surface area contributed by atoms with Crippen LogP contribution in [0.5, 0.6) is 0 Å². The number of hydrogen-bond donors (Lipinski definition) is 0. The highest BCUT2D eigenvalue weighted by molar-refractivity contribution is 5.88. The average Bonchev–Trinajstić information content (AvgIpc) is 3.09. The van der Waals surface area contributed by atoms with Gasteiger partial charge in [0.25, 0.3) is 0 Å². The molecule has 4 rings (SSSR count). The maximum absolute atomic E-state index is 13.3. The van der Waals surface area contributed by atoms with Crippen LogP contribution in [0.2, 0.25) is 0 Å². The Hall–Kier alpha value is -2.68. The normalized spacial score (nSPS) is 25.7. The SMILES string of the molecule is COC(=O)C1CC(=O)N(OC)C12CCN(C(=O)C1CCCN(c3ccccn3)C1)CC2. The summed E-state index contributed by atoms with van der Waals surface area (Å²) >= 11 is 0. The van der Waals surface area contributed by atoms with E-state index < -0.39 is 17.4 Å². The van der Waals surface area contributed by atoms with Crippen LogP contribution in [0.4, 0.5) is 5.82 Å². The lowest BCUT2D eigenvalue weighted by Crippen LogP contribution is -2.58. The van der Waals surface area contributed by atoms with E-state index in [0.717, 1.165) is 25.2 Å². The van der Waals surface area contributed by atoms with Crippen molar-refractivity contribution >= 4 is 23.6 Å². The van der Waals surface area contributed by atoms with Crippen LogP contribution in [0.25, 0.3) is 0 Å². The average molecular weight is 431 g/mol. The van der Waals surface area contributed by atoms with Gasteiger partial charge in [0.2, 0.25) is 11.8 Å². The highest BCUT2D eigenvalue weighted by atomic mass is 16.7. The van der Waals surface area contributed by atoms with Crippen molar-refractivity contribution in [3.8, 4) is 0 Å². The third kappa shape index (κ3) is 3.86. The van der Waals surface area contributed by atoms with Crippen LogP contribution in [-0.4, -0.2) is 78.7 Å². The summed E-state index contributed by atoms with van der Waals surface area (Å²) in [6, 6.07) is 5.82. The van der Waals surface area contributed by atoms with Crippen molar-refractivity contribution in [2.75, 3.05) is 45.3 Å². The van der Waals surface area contributed by atoms with Gasteiger partial charge in [0, 0.05) is 38.8 Å². The van der Waals surface area contributed by atoms with Gasteiger partial charge in [0.05, 0.1) is 31.6 Å². The van der Waals surface area contributed by atoms with Crippen molar-refractivity contribution in [3.63, 3.8) is 0 Å². The van der Waals surface area contributed by atoms with Gasteiger partial charge in [-0.1, -0.05) is 6.07 Å². The zero-order chi connectivity index (χ0) is 22.0. The minimum absolute atomic E-state index is 0.0788. The number of methoxy groups -OCH3 is 1. The number of nitrogens with zero attached hydrogens (tertiary/aromatic N) is 4. The molecule has 2 unspecified atom stereocenters. The summed E-state index contributed by atoms with van der Waals surface area (Å²) in [7, 11) is 2.79. The number of piperidine rings is 2. The van der Waals surface area contributed by atoms with Crippen LogP contribution in [0.3, 0.4) is 0 Å². The summed E-state index contributed by atoms with van der Waals surface area (Å²) in [5, 5.41) is 1.35. The second-order valence-corrected chi connectivity index (χ2v) is 8.55. The molecule has 3 fully saturated rings. The fourth-order valence-electron chi connectivity index (χ4n) is 5.42. The molecule has 0 bridgehead atoms. The van der Waals surface area contributed by atoms with Gasteiger partial charge in [-0.2, -0.15) is 0 Å². The Morgan fingerprint density at radius 1 is 1.16 bits per heavy atom. The first-order valence-electron chi connectivity index (χ1n) is 10.9. The molecule has 0 radical (unpaired) electrons. The second-order valence-electron chi connectivity index (χ2n) is 8.55. The van der Waals surface area contributed by atoms with Gasteiger partial charge in [-0.05, 0) is 37.8 Å². The molecule has 1 aromatic heterocycles. The fourth-order valence-corrected chi connectivity index (χ4v) is 5.42. The predicted octanol–water partition coefficient (Wildman–Crippen LogP) is 1.24. The van der Waals surface area contributed by atoms with E-state index in [-0.39, 0.29) is 24.2 Å². The first-order chi connectivity index (χ1) is 15.0. The molecule has 2 atom stereocenters. The van der Waals surface area contributed by atoms with Crippen molar-refractivity contribution in [2.24, 2.45) is 11.8 Å². The lowest BCUT2D eigenvalue weighted by molar-refractivity contribution is -0.210. The van der Waals surface area contributed by atoms with E-state index in [0.29, 0.717) is 32.5 Å². The Kier molecular flexibility index (Phi) is 6.13. The largest absolute Gasteiger partial charge is 0.469 e. The van der Waals surface area contributed by atoms with Crippen molar-refractivity contribution in [2.45, 2.75) is 37.6 Å². The van der Waals surface area contributed by atoms with E-state index in [2.05, 4.69) is 9.88 Å². The second kappa shape index (κ2) is 8.82. The van der Waals surface area contributed by atoms with Crippen molar-refractivity contribution in [3.05, 3.63) is 24.4 Å². The highest BCUT2D eigenvalue weighted by Crippen LogP contribution is 2.44. The molecule has 4 heterocycles. The summed E-state index contributed by atoms with van der Waals surface area (Å²) in [6.07, 6.45) is 4.64. The van der Waals surface area contributed by atoms with Crippen LogP contribution in [0.15, 0.2) is 24.4 Å². The maximum Gasteiger partial charge on any atom is 0.311 e. The summed E-state index contributed by atoms with van der Waals surface area (Å²) in [6.45, 7) is 2.53. The molecule has 3 aliphatic rings. The summed E-state index contributed by atoms with van der Waals surface area (Å²) in [5.74, 6) is -0.222. The minimum atomic E-state index is -0.748. The molecule has 3 aliphatic heterocycles. The number of anilines is 1. The standard InChI is InChI=1S/C22H30N4O5/c1-30-21(29)17-14-19(27)26(31-2)22(17)8-12-24(13-9-22)20(28)16-6-5-11-25(15-16)18-7-3-4-10-23-18/h3-4,7,10,16-17H,5-6,8-9,11-15H2,1-2H3. The smallest absolute Gasteiger partial charge is 0.311 e. The number of amides is 2. The van der Waals surface area contributed by atoms with E-state index in [1.165, 1.54) is 19.3 Å². The lowest BCUT2D eigenvalue weighted by atomic mass is 9.77. The molecular formula is C22H30N4O5. The van der Waals surface area contributed by atoms with Gasteiger partial charge in [-0.25, -0.2) is 10.0 Å². The Morgan fingerprint density at radius 2 is 1.94 bits per heavy atom. The first-order valence-corrected chi connectivity index (χ1v) is 10.9. The number of likely N-dealkylation sites (tertiary alicyclic amines) is 1. The topological polar surface area (TPSA) is 92.3 Å². The van der Waals surface area contributed by atoms with Gasteiger partial charge < -0.3 is 14.5 Å². The van der Waals surface area contributed by atoms with Crippen LogP contribution in [0.1, 0.15) is 32.1 Å². The molecule has 3 saturated heterocycles. The quantitative estimate of drug-likeness (QED) is 0.664. The summed E-state index contributed by atoms with van der Waals surface area (Å²) in [5.41, 5.74) is -0.748. The van der Waals surface area contributed by atoms with Crippen molar-refractivity contribution < 1.29 is 24.0 Å². The van der Waals surface area contributed by atoms with Crippen molar-refractivity contribution in [1.82, 2.24) is 14.9 Å². The van der Waals surface area contributed by atoms with Gasteiger partial charge >= 0.3 is 5.97 Å². The number of aromatic nitrogens is 1. The predicted molar refractivity (Wildman–Crippen MR) is 112 cm³/mol. The summed E-state index contributed by atoms with van der Waals surface area (Å²) in [4.78, 5) is 52.0. The molecule has 9 heteroatoms. The number of pyridine rings is 1. The summed E-state index contributed by atoms with van der Waals surface area (Å²) < 4.78 is 4.96. The molecule has 168 valence electrons. The number of carbonyl (C=O) groups is 3. The highest BCUT2D eigenvalue weighted by Gasteiger charge is 2.58. The Labute approximate surface area is 182 Å². The molecule has 0 N–H and O–H groups in total. The minimum Gasteiger partial charge on any atom is -0.469 e. The third-order valence-electron chi connectivity index (χ3n) is 7.01. The van der Waals surface area contributed by atoms with Crippen LogP contribution >= 0.6 is 0 Å². The van der Waals surface area contributed by atoms with E-state index in [9.17, 15) is 14.4 Å². The van der Waals surface area contributed by atoms with Gasteiger partial charge in [0.15, 0.2) is 0 Å². The fraction of sp³-hybridized carbons (Fsp3) is 0.636. The van der Waals surface area contributed by atoms with E-state index in [1.807, 2.05) is 23.1 Å². The van der Waals surface area contributed by atoms with Gasteiger partial charge in [0.1, 0.15) is 5.82 Å². The van der Waals surface area contributed by atoms with E-state index >= 15 is 0 Å². The number of rotatable bonds is 4. The molecule has 1 spiro atoms. The molecule has 9 nitrogen and oxygen atoms in total. The lowest BCUT2D eigenvalue weighted by Gasteiger charge is -2.46. The zero-order valence-corrected chi connectivity index (χ0v) is 18.2. The zero-order valence-electron chi connectivity index (χ0n) is 18.2. The molecular weight excluding hydrogens is 400 g/mol. The molecule has 1 aromatic rings. The van der Waals surface area contributed by atoms with Gasteiger partial charge in [-0.3, -0.25) is 19.2 Å².